The maximum absolute atomic E-state index is 13.5. The highest BCUT2D eigenvalue weighted by molar-refractivity contribution is 6.07. The molecule has 3 aromatic carbocycles. The molecule has 0 aromatic heterocycles. The van der Waals surface area contributed by atoms with Gasteiger partial charge in [-0.05, 0) is 61.1 Å². The number of para-hydroxylation sites is 1. The van der Waals surface area contributed by atoms with Gasteiger partial charge in [0.1, 0.15) is 12.4 Å². The summed E-state index contributed by atoms with van der Waals surface area (Å²) >= 11 is 0. The van der Waals surface area contributed by atoms with Gasteiger partial charge in [0.05, 0.1) is 5.69 Å². The van der Waals surface area contributed by atoms with Gasteiger partial charge in [0.25, 0.3) is 0 Å². The maximum Gasteiger partial charge on any atom is 0.232 e. The van der Waals surface area contributed by atoms with Gasteiger partial charge in [-0.25, -0.2) is 0 Å². The molecule has 1 atom stereocenters. The Hall–Kier alpha value is -3.66. The quantitative estimate of drug-likeness (QED) is 0.409. The first-order chi connectivity index (χ1) is 17.0. The molecule has 4 nitrogen and oxygen atoms in total. The second-order valence-corrected chi connectivity index (χ2v) is 9.45. The predicted molar refractivity (Wildman–Crippen MR) is 139 cm³/mol. The van der Waals surface area contributed by atoms with Crippen LogP contribution < -0.4 is 9.64 Å². The summed E-state index contributed by atoms with van der Waals surface area (Å²) in [5.74, 6) is 0.798. The van der Waals surface area contributed by atoms with E-state index in [-0.39, 0.29) is 17.6 Å². The topological polar surface area (TPSA) is 46.6 Å². The number of ether oxygens (including phenoxy) is 1. The third-order valence-corrected chi connectivity index (χ3v) is 7.10. The second kappa shape index (κ2) is 9.91. The van der Waals surface area contributed by atoms with Gasteiger partial charge < -0.3 is 4.74 Å². The Bertz CT molecular complexity index is 1270. The third kappa shape index (κ3) is 4.66. The van der Waals surface area contributed by atoms with Crippen LogP contribution in [-0.2, 0) is 22.6 Å². The van der Waals surface area contributed by atoms with E-state index in [1.165, 1.54) is 5.56 Å². The summed E-state index contributed by atoms with van der Waals surface area (Å²) in [5, 5.41) is 0. The predicted octanol–water partition coefficient (Wildman–Crippen LogP) is 6.66. The minimum Gasteiger partial charge on any atom is -0.489 e. The highest BCUT2D eigenvalue weighted by Gasteiger charge is 2.40. The number of amides is 1. The molecule has 0 bridgehead atoms. The summed E-state index contributed by atoms with van der Waals surface area (Å²) in [7, 11) is 0. The molecule has 0 saturated heterocycles. The van der Waals surface area contributed by atoms with Crippen LogP contribution in [0, 0.1) is 6.92 Å². The molecule has 0 saturated carbocycles. The van der Waals surface area contributed by atoms with Crippen LogP contribution in [0.25, 0.3) is 0 Å². The fourth-order valence-corrected chi connectivity index (χ4v) is 5.23. The Morgan fingerprint density at radius 1 is 0.914 bits per heavy atom. The zero-order chi connectivity index (χ0) is 24.4. The summed E-state index contributed by atoms with van der Waals surface area (Å²) in [6.07, 6.45) is 3.22. The largest absolute Gasteiger partial charge is 0.489 e. The van der Waals surface area contributed by atoms with Crippen molar-refractivity contribution in [3.05, 3.63) is 106 Å². The highest BCUT2D eigenvalue weighted by atomic mass is 16.5. The third-order valence-electron chi connectivity index (χ3n) is 7.10. The zero-order valence-electron chi connectivity index (χ0n) is 20.4. The Labute approximate surface area is 207 Å². The molecule has 178 valence electrons. The number of Topliss-reactive ketones (excluding diaryl/α,β-unsaturated/α-hetero) is 1. The minimum atomic E-state index is -0.207. The summed E-state index contributed by atoms with van der Waals surface area (Å²) in [6, 6.07) is 24.2. The number of allylic oxidation sites excluding steroid dienone is 2. The number of hydrogen-bond acceptors (Lipinski definition) is 3. The van der Waals surface area contributed by atoms with Crippen LogP contribution in [0.4, 0.5) is 5.69 Å². The zero-order valence-corrected chi connectivity index (χ0v) is 20.4. The van der Waals surface area contributed by atoms with Gasteiger partial charge in [0.15, 0.2) is 5.78 Å². The fourth-order valence-electron chi connectivity index (χ4n) is 5.23. The number of hydrogen-bond donors (Lipinski definition) is 0. The summed E-state index contributed by atoms with van der Waals surface area (Å²) in [4.78, 5) is 28.5. The molecular weight excluding hydrogens is 434 g/mol. The van der Waals surface area contributed by atoms with Gasteiger partial charge in [-0.15, -0.1) is 0 Å². The van der Waals surface area contributed by atoms with E-state index in [9.17, 15) is 9.59 Å². The van der Waals surface area contributed by atoms with Gasteiger partial charge in [-0.3, -0.25) is 14.5 Å². The van der Waals surface area contributed by atoms with E-state index in [0.717, 1.165) is 58.7 Å². The number of benzene rings is 3. The highest BCUT2D eigenvalue weighted by Crippen LogP contribution is 2.44. The molecule has 0 spiro atoms. The molecule has 1 heterocycles. The van der Waals surface area contributed by atoms with Crippen LogP contribution in [0.3, 0.4) is 0 Å². The number of nitrogens with zero attached hydrogens (tertiary/aromatic N) is 1. The van der Waals surface area contributed by atoms with Crippen LogP contribution in [0.1, 0.15) is 60.8 Å². The van der Waals surface area contributed by atoms with Crippen LogP contribution in [0.5, 0.6) is 5.75 Å². The van der Waals surface area contributed by atoms with Crippen molar-refractivity contribution in [2.45, 2.75) is 58.5 Å². The van der Waals surface area contributed by atoms with Crippen LogP contribution in [0.2, 0.25) is 0 Å². The number of anilines is 1. The average molecular weight is 466 g/mol. The Morgan fingerprint density at radius 2 is 1.66 bits per heavy atom. The van der Waals surface area contributed by atoms with Gasteiger partial charge in [-0.2, -0.15) is 0 Å². The van der Waals surface area contributed by atoms with Crippen molar-refractivity contribution in [2.24, 2.45) is 0 Å². The van der Waals surface area contributed by atoms with Crippen molar-refractivity contribution >= 4 is 17.4 Å². The molecular formula is C31H31NO3. The molecule has 4 heteroatoms. The lowest BCUT2D eigenvalue weighted by Gasteiger charge is -2.39. The summed E-state index contributed by atoms with van der Waals surface area (Å²) in [6.45, 7) is 4.67. The summed E-state index contributed by atoms with van der Waals surface area (Å²) in [5.41, 5.74) is 7.08. The lowest BCUT2D eigenvalue weighted by molar-refractivity contribution is -0.119. The number of rotatable bonds is 6. The van der Waals surface area contributed by atoms with Gasteiger partial charge >= 0.3 is 0 Å². The normalized spacial score (nSPS) is 18.0. The monoisotopic (exact) mass is 465 g/mol. The van der Waals surface area contributed by atoms with Gasteiger partial charge in [-0.1, -0.05) is 67.1 Å². The van der Waals surface area contributed by atoms with Crippen LogP contribution >= 0.6 is 0 Å². The number of carbonyl (C=O) groups excluding carboxylic acids is 2. The minimum absolute atomic E-state index is 0.0593. The summed E-state index contributed by atoms with van der Waals surface area (Å²) < 4.78 is 5.97. The second-order valence-electron chi connectivity index (χ2n) is 9.45. The van der Waals surface area contributed by atoms with Crippen molar-refractivity contribution in [1.29, 1.82) is 0 Å². The van der Waals surface area contributed by atoms with Gasteiger partial charge in [0.2, 0.25) is 5.91 Å². The van der Waals surface area contributed by atoms with Crippen LogP contribution in [0.15, 0.2) is 84.1 Å². The SMILES string of the molecule is CCc1ccccc1N1C(=O)CC(c2ccc(OCc3ccc(C)cc3)cc2)C2=C1CCCC2=O. The molecule has 1 aliphatic heterocycles. The molecule has 0 radical (unpaired) electrons. The van der Waals surface area contributed by atoms with E-state index in [2.05, 4.69) is 44.2 Å². The van der Waals surface area contributed by atoms with Gasteiger partial charge in [0, 0.05) is 30.0 Å². The van der Waals surface area contributed by atoms with Crippen molar-refractivity contribution < 1.29 is 14.3 Å². The number of carbonyl (C=O) groups is 2. The lowest BCUT2D eigenvalue weighted by atomic mass is 9.77. The Balaban J connectivity index is 1.43. The first-order valence-corrected chi connectivity index (χ1v) is 12.5. The Morgan fingerprint density at radius 3 is 2.40 bits per heavy atom. The van der Waals surface area contributed by atoms with E-state index in [4.69, 9.17) is 4.74 Å². The molecule has 1 unspecified atom stereocenters. The first-order valence-electron chi connectivity index (χ1n) is 12.5. The maximum atomic E-state index is 13.5. The Kier molecular flexibility index (Phi) is 6.54. The van der Waals surface area contributed by atoms with Crippen LogP contribution in [-0.4, -0.2) is 11.7 Å². The molecule has 1 aliphatic carbocycles. The molecule has 0 fully saturated rings. The molecule has 5 rings (SSSR count). The van der Waals surface area contributed by atoms with E-state index >= 15 is 0 Å². The van der Waals surface area contributed by atoms with E-state index < -0.39 is 0 Å². The van der Waals surface area contributed by atoms with Crippen molar-refractivity contribution in [3.63, 3.8) is 0 Å². The van der Waals surface area contributed by atoms with Crippen molar-refractivity contribution in [3.8, 4) is 5.75 Å². The van der Waals surface area contributed by atoms with Crippen molar-refractivity contribution in [2.75, 3.05) is 4.90 Å². The molecule has 2 aliphatic rings. The molecule has 35 heavy (non-hydrogen) atoms. The van der Waals surface area contributed by atoms with E-state index in [1.54, 1.807) is 0 Å². The first kappa shape index (κ1) is 23.1. The lowest BCUT2D eigenvalue weighted by Crippen LogP contribution is -2.41. The standard InChI is InChI=1S/C31H31NO3/c1-3-23-7-4-5-8-27(23)32-28-9-6-10-29(33)31(28)26(19-30(32)34)24-15-17-25(18-16-24)35-20-22-13-11-21(2)12-14-22/h4-5,7-8,11-18,26H,3,6,9-10,19-20H2,1-2H3. The number of aryl methyl sites for hydroxylation is 2. The molecule has 3 aromatic rings. The van der Waals surface area contributed by atoms with Crippen molar-refractivity contribution in [1.82, 2.24) is 0 Å². The smallest absolute Gasteiger partial charge is 0.232 e. The molecule has 1 amide bonds. The fraction of sp³-hybridized carbons (Fsp3) is 0.290. The molecule has 0 N–H and O–H groups in total. The van der Waals surface area contributed by atoms with E-state index in [0.29, 0.717) is 19.4 Å². The number of ketones is 1. The van der Waals surface area contributed by atoms with E-state index in [1.807, 2.05) is 47.4 Å². The average Bonchev–Trinajstić information content (AvgIpc) is 2.88.